The molecule has 28 heavy (non-hydrogen) atoms. The number of rotatable bonds is 4. The van der Waals surface area contributed by atoms with E-state index in [1.54, 1.807) is 0 Å². The molecule has 1 N–H and O–H groups in total. The first-order valence-electron chi connectivity index (χ1n) is 7.23. The summed E-state index contributed by atoms with van der Waals surface area (Å²) in [5.74, 6) is -1.40. The number of hydrogen-bond acceptors (Lipinski definition) is 8. The number of nitrogens with one attached hydrogen (secondary N) is 1. The summed E-state index contributed by atoms with van der Waals surface area (Å²) in [5.41, 5.74) is -1.37. The lowest BCUT2D eigenvalue weighted by Gasteiger charge is -2.09. The maximum Gasteiger partial charge on any atom is 0.416 e. The molecule has 0 saturated carbocycles. The minimum absolute atomic E-state index is 0.0170. The van der Waals surface area contributed by atoms with Gasteiger partial charge in [0.05, 0.1) is 28.7 Å². The summed E-state index contributed by atoms with van der Waals surface area (Å²) < 4.78 is 66.5. The predicted octanol–water partition coefficient (Wildman–Crippen LogP) is 1.72. The quantitative estimate of drug-likeness (QED) is 0.333. The standard InChI is InChI=1S/C15H12F3N3O5S2/c1-26-12(22)6-10-13(23)20-14(27-10)21-19-7-8-5-9(15(16,17)18)3-4-11(8)28(2,24)25/h3-7H,1-2H3,(H,20,21,23)/b10-6+,19-7?. The van der Waals surface area contributed by atoms with Crippen LogP contribution in [0.2, 0.25) is 0 Å². The fraction of sp³-hybridized carbons (Fsp3) is 0.200. The van der Waals surface area contributed by atoms with Crippen LogP contribution in [0.4, 0.5) is 13.2 Å². The molecule has 150 valence electrons. The number of halogens is 3. The number of carbonyl (C=O) groups is 2. The summed E-state index contributed by atoms with van der Waals surface area (Å²) in [7, 11) is -2.69. The predicted molar refractivity (Wildman–Crippen MR) is 95.4 cm³/mol. The molecule has 0 radical (unpaired) electrons. The normalized spacial score (nSPS) is 18.1. The lowest BCUT2D eigenvalue weighted by atomic mass is 10.1. The molecule has 0 unspecified atom stereocenters. The minimum atomic E-state index is -4.67. The van der Waals surface area contributed by atoms with E-state index in [0.717, 1.165) is 43.5 Å². The monoisotopic (exact) mass is 435 g/mol. The van der Waals surface area contributed by atoms with Gasteiger partial charge in [0.25, 0.3) is 5.91 Å². The molecule has 1 aliphatic heterocycles. The first-order valence-corrected chi connectivity index (χ1v) is 9.94. The molecule has 13 heteroatoms. The van der Waals surface area contributed by atoms with Gasteiger partial charge in [0.15, 0.2) is 15.0 Å². The highest BCUT2D eigenvalue weighted by Crippen LogP contribution is 2.31. The molecular formula is C15H12F3N3O5S2. The molecule has 0 aromatic heterocycles. The molecule has 0 aliphatic carbocycles. The average molecular weight is 435 g/mol. The van der Waals surface area contributed by atoms with Crippen LogP contribution >= 0.6 is 11.8 Å². The molecule has 0 spiro atoms. The van der Waals surface area contributed by atoms with Gasteiger partial charge >= 0.3 is 12.1 Å². The SMILES string of the molecule is COC(=O)/C=C1/S/C(=N\N=Cc2cc(C(F)(F)F)ccc2S(C)(=O)=O)NC1=O. The van der Waals surface area contributed by atoms with Crippen molar-refractivity contribution in [2.24, 2.45) is 10.2 Å². The van der Waals surface area contributed by atoms with Crippen LogP contribution in [0.1, 0.15) is 11.1 Å². The molecule has 1 amide bonds. The van der Waals surface area contributed by atoms with Crippen molar-refractivity contribution < 1.29 is 35.9 Å². The van der Waals surface area contributed by atoms with E-state index in [4.69, 9.17) is 0 Å². The molecule has 8 nitrogen and oxygen atoms in total. The Morgan fingerprint density at radius 1 is 1.32 bits per heavy atom. The van der Waals surface area contributed by atoms with Crippen molar-refractivity contribution >= 4 is 44.9 Å². The minimum Gasteiger partial charge on any atom is -0.466 e. The van der Waals surface area contributed by atoms with Gasteiger partial charge in [-0.1, -0.05) is 0 Å². The first-order chi connectivity index (χ1) is 12.9. The third kappa shape index (κ3) is 5.42. The van der Waals surface area contributed by atoms with Gasteiger partial charge in [0.2, 0.25) is 0 Å². The van der Waals surface area contributed by atoms with Gasteiger partial charge in [0, 0.05) is 17.9 Å². The summed E-state index contributed by atoms with van der Waals surface area (Å²) in [6.45, 7) is 0. The molecule has 1 saturated heterocycles. The Morgan fingerprint density at radius 3 is 2.57 bits per heavy atom. The molecule has 2 rings (SSSR count). The number of amidine groups is 1. The molecule has 1 heterocycles. The van der Waals surface area contributed by atoms with Crippen LogP contribution in [0.25, 0.3) is 0 Å². The number of hydrogen-bond donors (Lipinski definition) is 1. The Bertz CT molecular complexity index is 1010. The largest absolute Gasteiger partial charge is 0.466 e. The van der Waals surface area contributed by atoms with Crippen LogP contribution in [0.5, 0.6) is 0 Å². The second-order valence-electron chi connectivity index (χ2n) is 5.26. The van der Waals surface area contributed by atoms with Crippen LogP contribution in [-0.2, 0) is 30.3 Å². The highest BCUT2D eigenvalue weighted by molar-refractivity contribution is 8.18. The smallest absolute Gasteiger partial charge is 0.416 e. The van der Waals surface area contributed by atoms with Gasteiger partial charge < -0.3 is 4.74 Å². The van der Waals surface area contributed by atoms with Crippen molar-refractivity contribution in [1.29, 1.82) is 0 Å². The van der Waals surface area contributed by atoms with E-state index in [1.807, 2.05) is 0 Å². The van der Waals surface area contributed by atoms with Crippen LogP contribution in [-0.4, -0.2) is 45.0 Å². The van der Waals surface area contributed by atoms with Gasteiger partial charge in [-0.25, -0.2) is 13.2 Å². The Kier molecular flexibility index (Phi) is 6.29. The number of sulfone groups is 1. The maximum atomic E-state index is 12.9. The van der Waals surface area contributed by atoms with Crippen LogP contribution in [0.3, 0.4) is 0 Å². The van der Waals surface area contributed by atoms with Gasteiger partial charge in [0.1, 0.15) is 0 Å². The molecule has 1 aliphatic rings. The third-order valence-corrected chi connectivity index (χ3v) is 5.25. The second-order valence-corrected chi connectivity index (χ2v) is 8.27. The zero-order chi connectivity index (χ0) is 21.1. The maximum absolute atomic E-state index is 12.9. The first kappa shape index (κ1) is 21.6. The number of carbonyl (C=O) groups excluding carboxylic acids is 2. The van der Waals surface area contributed by atoms with Crippen molar-refractivity contribution in [2.45, 2.75) is 11.1 Å². The number of thioether (sulfide) groups is 1. The summed E-state index contributed by atoms with van der Waals surface area (Å²) >= 11 is 0.752. The molecule has 0 atom stereocenters. The van der Waals surface area contributed by atoms with E-state index >= 15 is 0 Å². The number of benzene rings is 1. The Balaban J connectivity index is 2.33. The van der Waals surface area contributed by atoms with Crippen molar-refractivity contribution in [2.75, 3.05) is 13.4 Å². The lowest BCUT2D eigenvalue weighted by Crippen LogP contribution is -2.19. The van der Waals surface area contributed by atoms with Crippen molar-refractivity contribution in [3.63, 3.8) is 0 Å². The van der Waals surface area contributed by atoms with Gasteiger partial charge in [-0.3, -0.25) is 10.1 Å². The van der Waals surface area contributed by atoms with E-state index < -0.39 is 33.5 Å². The zero-order valence-corrected chi connectivity index (χ0v) is 15.9. The Hall–Kier alpha value is -2.67. The van der Waals surface area contributed by atoms with Crippen LogP contribution in [0.15, 0.2) is 44.3 Å². The zero-order valence-electron chi connectivity index (χ0n) is 14.3. The highest BCUT2D eigenvalue weighted by Gasteiger charge is 2.31. The molecule has 1 aromatic rings. The fourth-order valence-corrected chi connectivity index (χ4v) is 3.54. The molecule has 1 aromatic carbocycles. The number of alkyl halides is 3. The summed E-state index contributed by atoms with van der Waals surface area (Å²) in [6, 6.07) is 2.11. The lowest BCUT2D eigenvalue weighted by molar-refractivity contribution is -0.137. The van der Waals surface area contributed by atoms with Crippen molar-refractivity contribution in [3.8, 4) is 0 Å². The van der Waals surface area contributed by atoms with Gasteiger partial charge in [-0.15, -0.1) is 5.10 Å². The topological polar surface area (TPSA) is 114 Å². The van der Waals surface area contributed by atoms with E-state index in [9.17, 15) is 31.2 Å². The third-order valence-electron chi connectivity index (χ3n) is 3.18. The van der Waals surface area contributed by atoms with Crippen molar-refractivity contribution in [3.05, 3.63) is 40.3 Å². The molecule has 1 fully saturated rings. The summed E-state index contributed by atoms with van der Waals surface area (Å²) in [6.07, 6.45) is -2.07. The molecular weight excluding hydrogens is 423 g/mol. The van der Waals surface area contributed by atoms with Crippen molar-refractivity contribution in [1.82, 2.24) is 5.32 Å². The van der Waals surface area contributed by atoms with Crippen LogP contribution in [0, 0.1) is 0 Å². The Labute approximate surface area is 161 Å². The average Bonchev–Trinajstić information content (AvgIpc) is 2.92. The van der Waals surface area contributed by atoms with Gasteiger partial charge in [-0.2, -0.15) is 18.3 Å². The highest BCUT2D eigenvalue weighted by atomic mass is 32.2. The summed E-state index contributed by atoms with van der Waals surface area (Å²) in [5, 5.41) is 9.39. The van der Waals surface area contributed by atoms with E-state index in [-0.39, 0.29) is 20.5 Å². The number of nitrogens with zero attached hydrogens (tertiary/aromatic N) is 2. The van der Waals surface area contributed by atoms with E-state index in [2.05, 4.69) is 20.3 Å². The fourth-order valence-electron chi connectivity index (χ4n) is 1.95. The van der Waals surface area contributed by atoms with E-state index in [1.165, 1.54) is 0 Å². The van der Waals surface area contributed by atoms with E-state index in [0.29, 0.717) is 12.1 Å². The second kappa shape index (κ2) is 8.14. The number of amides is 1. The van der Waals surface area contributed by atoms with Gasteiger partial charge in [-0.05, 0) is 30.0 Å². The molecule has 0 bridgehead atoms. The number of ether oxygens (including phenoxy) is 1. The number of esters is 1. The summed E-state index contributed by atoms with van der Waals surface area (Å²) in [4.78, 5) is 22.4. The van der Waals surface area contributed by atoms with Crippen LogP contribution < -0.4 is 5.32 Å². The Morgan fingerprint density at radius 2 is 2.00 bits per heavy atom. The number of methoxy groups -OCH3 is 1.